The summed E-state index contributed by atoms with van der Waals surface area (Å²) < 4.78 is 0. The Morgan fingerprint density at radius 2 is 2.17 bits per heavy atom. The second-order valence-electron chi connectivity index (χ2n) is 4.89. The molecule has 1 saturated heterocycles. The quantitative estimate of drug-likeness (QED) is 0.760. The Labute approximate surface area is 108 Å². The van der Waals surface area contributed by atoms with Crippen LogP contribution in [0.25, 0.3) is 0 Å². The molecule has 2 rings (SSSR count). The number of rotatable bonds is 1. The van der Waals surface area contributed by atoms with E-state index in [0.29, 0.717) is 6.54 Å². The molecule has 18 heavy (non-hydrogen) atoms. The van der Waals surface area contributed by atoms with E-state index in [1.54, 1.807) is 4.90 Å². The van der Waals surface area contributed by atoms with Crippen LogP contribution in [0.15, 0.2) is 18.2 Å². The van der Waals surface area contributed by atoms with Gasteiger partial charge in [0, 0.05) is 12.1 Å². The number of piperidine rings is 1. The number of hydrogen-bond donors (Lipinski definition) is 0. The van der Waals surface area contributed by atoms with Gasteiger partial charge in [-0.05, 0) is 50.3 Å². The van der Waals surface area contributed by atoms with Gasteiger partial charge in [0.05, 0.1) is 6.07 Å². The van der Waals surface area contributed by atoms with Crippen molar-refractivity contribution in [3.05, 3.63) is 34.9 Å². The fourth-order valence-electron chi connectivity index (χ4n) is 2.45. The van der Waals surface area contributed by atoms with Crippen LogP contribution in [-0.4, -0.2) is 23.4 Å². The van der Waals surface area contributed by atoms with Crippen molar-refractivity contribution in [3.8, 4) is 6.07 Å². The third-order valence-corrected chi connectivity index (χ3v) is 3.75. The molecule has 1 aliphatic heterocycles. The van der Waals surface area contributed by atoms with Crippen molar-refractivity contribution < 1.29 is 4.79 Å². The summed E-state index contributed by atoms with van der Waals surface area (Å²) in [6, 6.07) is 7.75. The number of aryl methyl sites for hydroxylation is 1. The Hall–Kier alpha value is -1.82. The number of likely N-dealkylation sites (tertiary alicyclic amines) is 1. The van der Waals surface area contributed by atoms with Gasteiger partial charge in [-0.2, -0.15) is 5.26 Å². The van der Waals surface area contributed by atoms with Crippen molar-refractivity contribution in [1.29, 1.82) is 5.26 Å². The third kappa shape index (κ3) is 2.24. The minimum absolute atomic E-state index is 0.00227. The summed E-state index contributed by atoms with van der Waals surface area (Å²) in [5.41, 5.74) is 2.87. The van der Waals surface area contributed by atoms with Gasteiger partial charge in [-0.25, -0.2) is 0 Å². The summed E-state index contributed by atoms with van der Waals surface area (Å²) in [6.07, 6.45) is 2.83. The average Bonchev–Trinajstić information content (AvgIpc) is 2.41. The Bertz CT molecular complexity index is 502. The summed E-state index contributed by atoms with van der Waals surface area (Å²) in [4.78, 5) is 14.2. The van der Waals surface area contributed by atoms with Gasteiger partial charge < -0.3 is 4.90 Å². The van der Waals surface area contributed by atoms with Crippen molar-refractivity contribution in [2.45, 2.75) is 39.2 Å². The summed E-state index contributed by atoms with van der Waals surface area (Å²) in [7, 11) is 0. The summed E-state index contributed by atoms with van der Waals surface area (Å²) in [6.45, 7) is 4.67. The average molecular weight is 242 g/mol. The van der Waals surface area contributed by atoms with E-state index in [-0.39, 0.29) is 11.9 Å². The van der Waals surface area contributed by atoms with E-state index in [0.717, 1.165) is 36.0 Å². The topological polar surface area (TPSA) is 44.1 Å². The van der Waals surface area contributed by atoms with E-state index in [9.17, 15) is 4.79 Å². The van der Waals surface area contributed by atoms with E-state index in [1.165, 1.54) is 0 Å². The fraction of sp³-hybridized carbons (Fsp3) is 0.467. The molecule has 1 aliphatic rings. The van der Waals surface area contributed by atoms with Gasteiger partial charge in [-0.3, -0.25) is 4.79 Å². The number of hydrogen-bond acceptors (Lipinski definition) is 2. The molecule has 0 bridgehead atoms. The van der Waals surface area contributed by atoms with Crippen molar-refractivity contribution in [1.82, 2.24) is 4.90 Å². The molecule has 0 aromatic heterocycles. The van der Waals surface area contributed by atoms with Gasteiger partial charge >= 0.3 is 0 Å². The molecule has 3 nitrogen and oxygen atoms in total. The second-order valence-corrected chi connectivity index (χ2v) is 4.89. The summed E-state index contributed by atoms with van der Waals surface area (Å²) in [5, 5.41) is 9.14. The molecule has 1 amide bonds. The molecule has 1 atom stereocenters. The first kappa shape index (κ1) is 12.6. The first-order valence-corrected chi connectivity index (χ1v) is 6.42. The maximum atomic E-state index is 12.5. The standard InChI is InChI=1S/C15H18N2O/c1-11-6-5-8-14(12(11)2)15(18)17-9-4-3-7-13(17)10-16/h5-6,8,13H,3-4,7,9H2,1-2H3. The highest BCUT2D eigenvalue weighted by Gasteiger charge is 2.28. The van der Waals surface area contributed by atoms with Crippen molar-refractivity contribution in [3.63, 3.8) is 0 Å². The van der Waals surface area contributed by atoms with E-state index >= 15 is 0 Å². The molecule has 0 saturated carbocycles. The number of carbonyl (C=O) groups is 1. The van der Waals surface area contributed by atoms with Crippen LogP contribution in [-0.2, 0) is 0 Å². The van der Waals surface area contributed by atoms with Gasteiger partial charge in [0.2, 0.25) is 0 Å². The molecule has 0 spiro atoms. The Kier molecular flexibility index (Phi) is 3.66. The minimum Gasteiger partial charge on any atom is -0.323 e. The van der Waals surface area contributed by atoms with E-state index in [2.05, 4.69) is 6.07 Å². The van der Waals surface area contributed by atoms with E-state index in [1.807, 2.05) is 32.0 Å². The van der Waals surface area contributed by atoms with Crippen LogP contribution in [0.3, 0.4) is 0 Å². The number of carbonyl (C=O) groups excluding carboxylic acids is 1. The van der Waals surface area contributed by atoms with Gasteiger partial charge in [0.25, 0.3) is 5.91 Å². The van der Waals surface area contributed by atoms with E-state index < -0.39 is 0 Å². The predicted molar refractivity (Wildman–Crippen MR) is 70.2 cm³/mol. The predicted octanol–water partition coefficient (Wildman–Crippen LogP) is 2.82. The Morgan fingerprint density at radius 1 is 1.39 bits per heavy atom. The lowest BCUT2D eigenvalue weighted by atomic mass is 9.98. The van der Waals surface area contributed by atoms with Crippen LogP contribution in [0, 0.1) is 25.2 Å². The molecule has 3 heteroatoms. The lowest BCUT2D eigenvalue weighted by molar-refractivity contribution is 0.0669. The first-order chi connectivity index (χ1) is 8.65. The maximum Gasteiger partial charge on any atom is 0.255 e. The molecule has 94 valence electrons. The van der Waals surface area contributed by atoms with Crippen LogP contribution in [0.5, 0.6) is 0 Å². The van der Waals surface area contributed by atoms with Gasteiger partial charge in [0.15, 0.2) is 0 Å². The molecule has 0 radical (unpaired) electrons. The molecule has 1 fully saturated rings. The van der Waals surface area contributed by atoms with Crippen LogP contribution in [0.4, 0.5) is 0 Å². The Balaban J connectivity index is 2.30. The van der Waals surface area contributed by atoms with Crippen LogP contribution >= 0.6 is 0 Å². The van der Waals surface area contributed by atoms with Crippen LogP contribution in [0.1, 0.15) is 40.7 Å². The molecular formula is C15H18N2O. The number of nitrogens with zero attached hydrogens (tertiary/aromatic N) is 2. The van der Waals surface area contributed by atoms with Gasteiger partial charge in [-0.15, -0.1) is 0 Å². The largest absolute Gasteiger partial charge is 0.323 e. The normalized spacial score (nSPS) is 19.4. The lowest BCUT2D eigenvalue weighted by Crippen LogP contribution is -2.43. The molecule has 1 aromatic rings. The Morgan fingerprint density at radius 3 is 2.89 bits per heavy atom. The smallest absolute Gasteiger partial charge is 0.255 e. The third-order valence-electron chi connectivity index (χ3n) is 3.75. The highest BCUT2D eigenvalue weighted by molar-refractivity contribution is 5.96. The molecule has 1 heterocycles. The van der Waals surface area contributed by atoms with E-state index in [4.69, 9.17) is 5.26 Å². The summed E-state index contributed by atoms with van der Waals surface area (Å²) >= 11 is 0. The second kappa shape index (κ2) is 5.22. The monoisotopic (exact) mass is 242 g/mol. The zero-order valence-corrected chi connectivity index (χ0v) is 10.9. The lowest BCUT2D eigenvalue weighted by Gasteiger charge is -2.32. The molecule has 1 unspecified atom stereocenters. The molecular weight excluding hydrogens is 224 g/mol. The number of amides is 1. The van der Waals surface area contributed by atoms with Crippen LogP contribution in [0.2, 0.25) is 0 Å². The zero-order valence-electron chi connectivity index (χ0n) is 10.9. The highest BCUT2D eigenvalue weighted by Crippen LogP contribution is 2.21. The summed E-state index contributed by atoms with van der Waals surface area (Å²) in [5.74, 6) is 0.00227. The van der Waals surface area contributed by atoms with Crippen LogP contribution < -0.4 is 0 Å². The number of nitriles is 1. The first-order valence-electron chi connectivity index (χ1n) is 6.42. The minimum atomic E-state index is -0.258. The SMILES string of the molecule is Cc1cccc(C(=O)N2CCCCC2C#N)c1C. The molecule has 0 aliphatic carbocycles. The zero-order chi connectivity index (χ0) is 13.1. The molecule has 1 aromatic carbocycles. The van der Waals surface area contributed by atoms with Gasteiger partial charge in [-0.1, -0.05) is 12.1 Å². The van der Waals surface area contributed by atoms with Crippen molar-refractivity contribution >= 4 is 5.91 Å². The van der Waals surface area contributed by atoms with Crippen molar-refractivity contribution in [2.75, 3.05) is 6.54 Å². The maximum absolute atomic E-state index is 12.5. The van der Waals surface area contributed by atoms with Gasteiger partial charge in [0.1, 0.15) is 6.04 Å². The fourth-order valence-corrected chi connectivity index (χ4v) is 2.45. The molecule has 0 N–H and O–H groups in total. The number of benzene rings is 1. The van der Waals surface area contributed by atoms with Crippen molar-refractivity contribution in [2.24, 2.45) is 0 Å². The highest BCUT2D eigenvalue weighted by atomic mass is 16.2.